The van der Waals surface area contributed by atoms with Gasteiger partial charge in [0.25, 0.3) is 5.91 Å². The molecule has 2 amide bonds. The number of phenolic OH excluding ortho intramolecular Hbond substituents is 1. The summed E-state index contributed by atoms with van der Waals surface area (Å²) in [6, 6.07) is 13.9. The van der Waals surface area contributed by atoms with E-state index in [4.69, 9.17) is 4.74 Å². The molecule has 0 atom stereocenters. The van der Waals surface area contributed by atoms with Crippen LogP contribution in [0.1, 0.15) is 10.4 Å². The number of likely N-dealkylation sites (N-methyl/N-ethyl adjacent to an activating group) is 1. The van der Waals surface area contributed by atoms with Gasteiger partial charge in [0.2, 0.25) is 5.91 Å². The molecule has 7 nitrogen and oxygen atoms in total. The zero-order chi connectivity index (χ0) is 19.2. The third kappa shape index (κ3) is 4.77. The maximum atomic E-state index is 12.3. The van der Waals surface area contributed by atoms with Gasteiger partial charge in [0.05, 0.1) is 25.3 Å². The van der Waals surface area contributed by atoms with Crippen LogP contribution in [0.4, 0.5) is 11.4 Å². The average molecular weight is 369 g/mol. The van der Waals surface area contributed by atoms with E-state index < -0.39 is 5.91 Å². The lowest BCUT2D eigenvalue weighted by Gasteiger charge is -2.28. The van der Waals surface area contributed by atoms with E-state index in [1.54, 1.807) is 12.1 Å². The van der Waals surface area contributed by atoms with Crippen LogP contribution in [0, 0.1) is 0 Å². The lowest BCUT2D eigenvalue weighted by atomic mass is 10.2. The molecule has 0 unspecified atom stereocenters. The minimum Gasteiger partial charge on any atom is -0.507 e. The Balaban J connectivity index is 1.55. The molecule has 0 aliphatic carbocycles. The van der Waals surface area contributed by atoms with E-state index >= 15 is 0 Å². The first-order valence-electron chi connectivity index (χ1n) is 8.80. The molecule has 0 bridgehead atoms. The largest absolute Gasteiger partial charge is 0.507 e. The number of carbonyl (C=O) groups excluding carboxylic acids is 2. The zero-order valence-corrected chi connectivity index (χ0v) is 15.2. The first-order chi connectivity index (χ1) is 13.0. The van der Waals surface area contributed by atoms with Crippen molar-refractivity contribution in [1.82, 2.24) is 4.90 Å². The molecule has 142 valence electrons. The van der Waals surface area contributed by atoms with Crippen molar-refractivity contribution in [2.75, 3.05) is 50.1 Å². The lowest BCUT2D eigenvalue weighted by Crippen LogP contribution is -2.36. The Morgan fingerprint density at radius 1 is 1.11 bits per heavy atom. The minimum absolute atomic E-state index is 0.103. The number of aromatic hydroxyl groups is 1. The molecule has 1 heterocycles. The molecule has 1 fully saturated rings. The normalized spacial score (nSPS) is 13.9. The Bertz CT molecular complexity index is 801. The van der Waals surface area contributed by atoms with Crippen molar-refractivity contribution in [3.05, 3.63) is 54.1 Å². The van der Waals surface area contributed by atoms with Gasteiger partial charge in [-0.15, -0.1) is 0 Å². The van der Waals surface area contributed by atoms with Crippen molar-refractivity contribution in [2.45, 2.75) is 0 Å². The Hall–Kier alpha value is -3.06. The fourth-order valence-electron chi connectivity index (χ4n) is 2.92. The van der Waals surface area contributed by atoms with E-state index in [-0.39, 0.29) is 23.8 Å². The van der Waals surface area contributed by atoms with E-state index in [1.165, 1.54) is 24.1 Å². The van der Waals surface area contributed by atoms with Gasteiger partial charge in [0.15, 0.2) is 0 Å². The van der Waals surface area contributed by atoms with Gasteiger partial charge in [-0.25, -0.2) is 0 Å². The number of anilines is 2. The van der Waals surface area contributed by atoms with Crippen LogP contribution < -0.4 is 10.2 Å². The molecule has 0 spiro atoms. The van der Waals surface area contributed by atoms with Crippen LogP contribution >= 0.6 is 0 Å². The van der Waals surface area contributed by atoms with Gasteiger partial charge in [-0.3, -0.25) is 9.59 Å². The van der Waals surface area contributed by atoms with Crippen molar-refractivity contribution in [3.8, 4) is 5.75 Å². The molecule has 2 N–H and O–H groups in total. The zero-order valence-electron chi connectivity index (χ0n) is 15.2. The molecular weight excluding hydrogens is 346 g/mol. The number of ether oxygens (including phenoxy) is 1. The van der Waals surface area contributed by atoms with Crippen LogP contribution in [0.5, 0.6) is 5.75 Å². The number of para-hydroxylation sites is 1. The molecule has 2 aromatic carbocycles. The van der Waals surface area contributed by atoms with Crippen molar-refractivity contribution in [2.24, 2.45) is 0 Å². The third-order valence-corrected chi connectivity index (χ3v) is 4.39. The molecule has 1 aliphatic heterocycles. The summed E-state index contributed by atoms with van der Waals surface area (Å²) in [4.78, 5) is 28.1. The van der Waals surface area contributed by atoms with Crippen molar-refractivity contribution in [1.29, 1.82) is 0 Å². The predicted octanol–water partition coefficient (Wildman–Crippen LogP) is 1.94. The molecule has 2 aromatic rings. The summed E-state index contributed by atoms with van der Waals surface area (Å²) in [5, 5.41) is 12.6. The summed E-state index contributed by atoms with van der Waals surface area (Å²) in [5.41, 5.74) is 1.92. The number of rotatable bonds is 5. The summed E-state index contributed by atoms with van der Waals surface area (Å²) in [7, 11) is 1.52. The second kappa shape index (κ2) is 8.55. The smallest absolute Gasteiger partial charge is 0.257 e. The Morgan fingerprint density at radius 3 is 2.44 bits per heavy atom. The third-order valence-electron chi connectivity index (χ3n) is 4.39. The topological polar surface area (TPSA) is 82.1 Å². The van der Waals surface area contributed by atoms with Crippen LogP contribution in [0.15, 0.2) is 48.5 Å². The lowest BCUT2D eigenvalue weighted by molar-refractivity contribution is -0.116. The van der Waals surface area contributed by atoms with E-state index in [0.717, 1.165) is 32.0 Å². The highest BCUT2D eigenvalue weighted by atomic mass is 16.5. The number of nitrogens with one attached hydrogen (secondary N) is 1. The Kier molecular flexibility index (Phi) is 5.93. The number of morpholine rings is 1. The molecular formula is C20H23N3O4. The van der Waals surface area contributed by atoms with Crippen LogP contribution in [-0.4, -0.2) is 61.7 Å². The van der Waals surface area contributed by atoms with E-state index in [1.807, 2.05) is 24.3 Å². The molecule has 0 aromatic heterocycles. The predicted molar refractivity (Wildman–Crippen MR) is 103 cm³/mol. The number of phenols is 1. The maximum Gasteiger partial charge on any atom is 0.257 e. The summed E-state index contributed by atoms with van der Waals surface area (Å²) in [6.07, 6.45) is 0. The minimum atomic E-state index is -0.411. The second-order valence-corrected chi connectivity index (χ2v) is 6.37. The highest BCUT2D eigenvalue weighted by molar-refractivity contribution is 6.00. The standard InChI is InChI=1S/C20H23N3O4/c1-22(20(26)17-4-2-3-5-18(17)24)14-19(25)21-15-6-8-16(9-7-15)23-10-12-27-13-11-23/h2-9,24H,10-14H2,1H3,(H,21,25). The number of benzene rings is 2. The average Bonchev–Trinajstić information content (AvgIpc) is 2.69. The first-order valence-corrected chi connectivity index (χ1v) is 8.80. The maximum absolute atomic E-state index is 12.3. The number of amides is 2. The van der Waals surface area contributed by atoms with Gasteiger partial charge < -0.3 is 25.0 Å². The summed E-state index contributed by atoms with van der Waals surface area (Å²) in [6.45, 7) is 3.03. The molecule has 3 rings (SSSR count). The van der Waals surface area contributed by atoms with Gasteiger partial charge in [-0.05, 0) is 36.4 Å². The van der Waals surface area contributed by atoms with Gasteiger partial charge in [0, 0.05) is 31.5 Å². The van der Waals surface area contributed by atoms with Crippen molar-refractivity contribution in [3.63, 3.8) is 0 Å². The number of carbonyl (C=O) groups is 2. The van der Waals surface area contributed by atoms with Crippen LogP contribution in [-0.2, 0) is 9.53 Å². The van der Waals surface area contributed by atoms with Crippen LogP contribution in [0.2, 0.25) is 0 Å². The fourth-order valence-corrected chi connectivity index (χ4v) is 2.92. The molecule has 1 aliphatic rings. The molecule has 0 radical (unpaired) electrons. The van der Waals surface area contributed by atoms with Crippen LogP contribution in [0.25, 0.3) is 0 Å². The molecule has 7 heteroatoms. The Morgan fingerprint density at radius 2 is 1.78 bits per heavy atom. The van der Waals surface area contributed by atoms with E-state index in [9.17, 15) is 14.7 Å². The van der Waals surface area contributed by atoms with Gasteiger partial charge in [-0.2, -0.15) is 0 Å². The highest BCUT2D eigenvalue weighted by Gasteiger charge is 2.18. The summed E-state index contributed by atoms with van der Waals surface area (Å²) < 4.78 is 5.35. The quantitative estimate of drug-likeness (QED) is 0.842. The Labute approximate surface area is 158 Å². The van der Waals surface area contributed by atoms with Crippen molar-refractivity contribution >= 4 is 23.2 Å². The highest BCUT2D eigenvalue weighted by Crippen LogP contribution is 2.20. The number of hydrogen-bond acceptors (Lipinski definition) is 5. The SMILES string of the molecule is CN(CC(=O)Nc1ccc(N2CCOCC2)cc1)C(=O)c1ccccc1O. The number of hydrogen-bond donors (Lipinski definition) is 2. The molecule has 0 saturated carbocycles. The first kappa shape index (κ1) is 18.7. The second-order valence-electron chi connectivity index (χ2n) is 6.37. The van der Waals surface area contributed by atoms with Gasteiger partial charge in [0.1, 0.15) is 5.75 Å². The van der Waals surface area contributed by atoms with Gasteiger partial charge >= 0.3 is 0 Å². The number of nitrogens with zero attached hydrogens (tertiary/aromatic N) is 2. The van der Waals surface area contributed by atoms with E-state index in [0.29, 0.717) is 5.69 Å². The molecule has 1 saturated heterocycles. The fraction of sp³-hybridized carbons (Fsp3) is 0.300. The van der Waals surface area contributed by atoms with E-state index in [2.05, 4.69) is 10.2 Å². The monoisotopic (exact) mass is 369 g/mol. The summed E-state index contributed by atoms with van der Waals surface area (Å²) >= 11 is 0. The van der Waals surface area contributed by atoms with Gasteiger partial charge in [-0.1, -0.05) is 12.1 Å². The van der Waals surface area contributed by atoms with Crippen LogP contribution in [0.3, 0.4) is 0 Å². The van der Waals surface area contributed by atoms with Crippen molar-refractivity contribution < 1.29 is 19.4 Å². The summed E-state index contributed by atoms with van der Waals surface area (Å²) in [5.74, 6) is -0.820. The molecule has 27 heavy (non-hydrogen) atoms.